The third-order valence-corrected chi connectivity index (χ3v) is 2.56. The van der Waals surface area contributed by atoms with Crippen molar-refractivity contribution in [3.05, 3.63) is 28.0 Å². The van der Waals surface area contributed by atoms with Crippen LogP contribution in [0.5, 0.6) is 0 Å². The Morgan fingerprint density at radius 3 is 2.68 bits per heavy atom. The summed E-state index contributed by atoms with van der Waals surface area (Å²) in [6.45, 7) is 5.52. The fourth-order valence-corrected chi connectivity index (χ4v) is 1.82. The number of halogens is 2. The van der Waals surface area contributed by atoms with E-state index in [1.165, 1.54) is 6.20 Å². The summed E-state index contributed by atoms with van der Waals surface area (Å²) in [5.74, 6) is 0. The van der Waals surface area contributed by atoms with Crippen molar-refractivity contribution in [1.29, 1.82) is 0 Å². The van der Waals surface area contributed by atoms with Crippen molar-refractivity contribution >= 4 is 29.3 Å². The maximum Gasteiger partial charge on any atom is 0.407 e. The van der Waals surface area contributed by atoms with Gasteiger partial charge in [0.15, 0.2) is 0 Å². The standard InChI is InChI=1S/C12H17Cl2N3O2/c1-12(2,3)19-11(18)17-6-9(15)10-8(14)4-7(13)5-16-10/h4-5,9H,6,15H2,1-3H3,(H,17,18). The van der Waals surface area contributed by atoms with Crippen LogP contribution in [0.25, 0.3) is 0 Å². The highest BCUT2D eigenvalue weighted by atomic mass is 35.5. The summed E-state index contributed by atoms with van der Waals surface area (Å²) in [6.07, 6.45) is 0.920. The van der Waals surface area contributed by atoms with Gasteiger partial charge in [0, 0.05) is 12.7 Å². The highest BCUT2D eigenvalue weighted by Crippen LogP contribution is 2.22. The van der Waals surface area contributed by atoms with Gasteiger partial charge in [0.1, 0.15) is 5.60 Å². The maximum atomic E-state index is 11.5. The summed E-state index contributed by atoms with van der Waals surface area (Å²) in [6, 6.07) is 1.02. The fraction of sp³-hybridized carbons (Fsp3) is 0.500. The Bertz CT molecular complexity index is 461. The van der Waals surface area contributed by atoms with Gasteiger partial charge in [0.25, 0.3) is 0 Å². The molecule has 1 aromatic heterocycles. The van der Waals surface area contributed by atoms with Crippen LogP contribution in [0.2, 0.25) is 10.0 Å². The zero-order valence-electron chi connectivity index (χ0n) is 11.0. The van der Waals surface area contributed by atoms with Crippen LogP contribution in [0.1, 0.15) is 32.5 Å². The van der Waals surface area contributed by atoms with Crippen LogP contribution in [-0.4, -0.2) is 23.2 Å². The van der Waals surface area contributed by atoms with Crippen LogP contribution < -0.4 is 11.1 Å². The summed E-state index contributed by atoms with van der Waals surface area (Å²) in [7, 11) is 0. The fourth-order valence-electron chi connectivity index (χ4n) is 1.30. The second-order valence-corrected chi connectivity index (χ2v) is 5.85. The van der Waals surface area contributed by atoms with Gasteiger partial charge < -0.3 is 15.8 Å². The third-order valence-electron chi connectivity index (χ3n) is 2.05. The minimum atomic E-state index is -0.551. The van der Waals surface area contributed by atoms with Gasteiger partial charge in [-0.1, -0.05) is 23.2 Å². The van der Waals surface area contributed by atoms with Crippen LogP contribution in [0.15, 0.2) is 12.3 Å². The second kappa shape index (κ2) is 6.41. The van der Waals surface area contributed by atoms with Gasteiger partial charge in [-0.25, -0.2) is 4.79 Å². The molecule has 1 atom stereocenters. The summed E-state index contributed by atoms with van der Waals surface area (Å²) >= 11 is 11.7. The van der Waals surface area contributed by atoms with Crippen LogP contribution in [0.3, 0.4) is 0 Å². The molecule has 1 rings (SSSR count). The minimum Gasteiger partial charge on any atom is -0.444 e. The molecule has 0 spiro atoms. The van der Waals surface area contributed by atoms with Crippen LogP contribution in [0.4, 0.5) is 4.79 Å². The number of alkyl carbamates (subject to hydrolysis) is 1. The molecule has 7 heteroatoms. The summed E-state index contributed by atoms with van der Waals surface area (Å²) in [5, 5.41) is 3.36. The van der Waals surface area contributed by atoms with Gasteiger partial charge in [0.05, 0.1) is 21.8 Å². The number of nitrogens with zero attached hydrogens (tertiary/aromatic N) is 1. The van der Waals surface area contributed by atoms with Crippen LogP contribution >= 0.6 is 23.2 Å². The number of ether oxygens (including phenoxy) is 1. The van der Waals surface area contributed by atoms with Gasteiger partial charge in [-0.05, 0) is 26.8 Å². The van der Waals surface area contributed by atoms with Gasteiger partial charge in [-0.15, -0.1) is 0 Å². The second-order valence-electron chi connectivity index (χ2n) is 5.01. The molecule has 0 radical (unpaired) electrons. The predicted octanol–water partition coefficient (Wildman–Crippen LogP) is 2.91. The molecule has 1 aromatic rings. The number of nitrogens with one attached hydrogen (secondary N) is 1. The first-order chi connectivity index (χ1) is 8.69. The average molecular weight is 306 g/mol. The molecule has 0 fully saturated rings. The van der Waals surface area contributed by atoms with Crippen molar-refractivity contribution in [2.45, 2.75) is 32.4 Å². The van der Waals surface area contributed by atoms with E-state index in [2.05, 4.69) is 10.3 Å². The summed E-state index contributed by atoms with van der Waals surface area (Å²) < 4.78 is 5.09. The summed E-state index contributed by atoms with van der Waals surface area (Å²) in [4.78, 5) is 15.5. The molecule has 3 N–H and O–H groups in total. The van der Waals surface area contributed by atoms with Gasteiger partial charge in [-0.3, -0.25) is 4.98 Å². The largest absolute Gasteiger partial charge is 0.444 e. The molecule has 1 unspecified atom stereocenters. The molecule has 5 nitrogen and oxygen atoms in total. The molecule has 0 aliphatic rings. The van der Waals surface area contributed by atoms with Crippen molar-refractivity contribution in [3.8, 4) is 0 Å². The maximum absolute atomic E-state index is 11.5. The quantitative estimate of drug-likeness (QED) is 0.900. The Morgan fingerprint density at radius 2 is 2.16 bits per heavy atom. The van der Waals surface area contributed by atoms with E-state index in [-0.39, 0.29) is 6.54 Å². The van der Waals surface area contributed by atoms with Crippen molar-refractivity contribution in [1.82, 2.24) is 10.3 Å². The van der Waals surface area contributed by atoms with E-state index in [0.717, 1.165) is 0 Å². The number of amides is 1. The van der Waals surface area contributed by atoms with Crippen molar-refractivity contribution in [2.24, 2.45) is 5.73 Å². The molecule has 0 aliphatic carbocycles. The Kier molecular flexibility index (Phi) is 5.40. The topological polar surface area (TPSA) is 77.2 Å². The van der Waals surface area contributed by atoms with Gasteiger partial charge >= 0.3 is 6.09 Å². The number of carbonyl (C=O) groups is 1. The SMILES string of the molecule is CC(C)(C)OC(=O)NCC(N)c1ncc(Cl)cc1Cl. The minimum absolute atomic E-state index is 0.170. The lowest BCUT2D eigenvalue weighted by atomic mass is 10.2. The van der Waals surface area contributed by atoms with Crippen molar-refractivity contribution < 1.29 is 9.53 Å². The zero-order chi connectivity index (χ0) is 14.6. The van der Waals surface area contributed by atoms with Gasteiger partial charge in [-0.2, -0.15) is 0 Å². The monoisotopic (exact) mass is 305 g/mol. The highest BCUT2D eigenvalue weighted by Gasteiger charge is 2.18. The molecule has 0 saturated heterocycles. The number of hydrogen-bond acceptors (Lipinski definition) is 4. The third kappa shape index (κ3) is 5.63. The first-order valence-electron chi connectivity index (χ1n) is 5.72. The Labute approximate surface area is 122 Å². The zero-order valence-corrected chi connectivity index (χ0v) is 12.5. The first kappa shape index (κ1) is 16.0. The van der Waals surface area contributed by atoms with E-state index in [4.69, 9.17) is 33.7 Å². The number of aromatic nitrogens is 1. The molecule has 0 saturated carbocycles. The van der Waals surface area contributed by atoms with E-state index in [1.54, 1.807) is 26.8 Å². The number of pyridine rings is 1. The molecule has 0 bridgehead atoms. The Balaban J connectivity index is 2.56. The lowest BCUT2D eigenvalue weighted by Crippen LogP contribution is -2.36. The summed E-state index contributed by atoms with van der Waals surface area (Å²) in [5.41, 5.74) is 5.82. The van der Waals surface area contributed by atoms with E-state index in [0.29, 0.717) is 15.7 Å². The Morgan fingerprint density at radius 1 is 1.53 bits per heavy atom. The highest BCUT2D eigenvalue weighted by molar-refractivity contribution is 6.34. The lowest BCUT2D eigenvalue weighted by Gasteiger charge is -2.20. The van der Waals surface area contributed by atoms with E-state index >= 15 is 0 Å². The van der Waals surface area contributed by atoms with Gasteiger partial charge in [0.2, 0.25) is 0 Å². The lowest BCUT2D eigenvalue weighted by molar-refractivity contribution is 0.0524. The number of nitrogens with two attached hydrogens (primary N) is 1. The van der Waals surface area contributed by atoms with Crippen molar-refractivity contribution in [2.75, 3.05) is 6.54 Å². The first-order valence-corrected chi connectivity index (χ1v) is 6.48. The number of carbonyl (C=O) groups excluding carboxylic acids is 1. The van der Waals surface area contributed by atoms with Crippen LogP contribution in [0, 0.1) is 0 Å². The average Bonchev–Trinajstić information content (AvgIpc) is 2.23. The van der Waals surface area contributed by atoms with E-state index in [9.17, 15) is 4.79 Å². The number of rotatable bonds is 3. The molecule has 0 aliphatic heterocycles. The van der Waals surface area contributed by atoms with Crippen LogP contribution in [-0.2, 0) is 4.74 Å². The van der Waals surface area contributed by atoms with E-state index < -0.39 is 17.7 Å². The molecule has 19 heavy (non-hydrogen) atoms. The van der Waals surface area contributed by atoms with E-state index in [1.807, 2.05) is 0 Å². The number of hydrogen-bond donors (Lipinski definition) is 2. The predicted molar refractivity (Wildman–Crippen MR) is 75.4 cm³/mol. The smallest absolute Gasteiger partial charge is 0.407 e. The molecule has 106 valence electrons. The molecule has 1 amide bonds. The molecular formula is C12H17Cl2N3O2. The van der Waals surface area contributed by atoms with Crippen molar-refractivity contribution in [3.63, 3.8) is 0 Å². The normalized spacial score (nSPS) is 12.9. The molecule has 0 aromatic carbocycles. The molecular weight excluding hydrogens is 289 g/mol. The molecule has 1 heterocycles. The Hall–Kier alpha value is -1.04.